The highest BCUT2D eigenvalue weighted by Gasteiger charge is 2.23. The summed E-state index contributed by atoms with van der Waals surface area (Å²) in [6.07, 6.45) is 4.80. The van der Waals surface area contributed by atoms with Crippen molar-refractivity contribution in [3.05, 3.63) is 26.7 Å². The molecule has 0 bridgehead atoms. The molecule has 8 nitrogen and oxygen atoms in total. The van der Waals surface area contributed by atoms with Crippen molar-refractivity contribution in [2.24, 2.45) is 0 Å². The van der Waals surface area contributed by atoms with Crippen molar-refractivity contribution in [2.45, 2.75) is 38.1 Å². The van der Waals surface area contributed by atoms with Gasteiger partial charge in [0.25, 0.3) is 5.56 Å². The number of hydrogen-bond donors (Lipinski definition) is 3. The summed E-state index contributed by atoms with van der Waals surface area (Å²) in [6, 6.07) is -0.0412. The quantitative estimate of drug-likeness (QED) is 0.743. The van der Waals surface area contributed by atoms with Gasteiger partial charge in [0.2, 0.25) is 5.82 Å². The molecule has 0 radical (unpaired) electrons. The smallest absolute Gasteiger partial charge is 0.371 e. The van der Waals surface area contributed by atoms with Gasteiger partial charge in [-0.2, -0.15) is 0 Å². The molecule has 1 aliphatic rings. The molecule has 2 aromatic rings. The monoisotopic (exact) mass is 278 g/mol. The number of aromatic nitrogens is 4. The molecule has 1 fully saturated rings. The summed E-state index contributed by atoms with van der Waals surface area (Å²) in [5.74, 6) is -1.59. The van der Waals surface area contributed by atoms with Gasteiger partial charge in [-0.3, -0.25) is 14.3 Å². The Hall–Kier alpha value is -2.38. The highest BCUT2D eigenvalue weighted by molar-refractivity contribution is 5.87. The van der Waals surface area contributed by atoms with Gasteiger partial charge in [0.1, 0.15) is 5.52 Å². The molecule has 0 saturated heterocycles. The van der Waals surface area contributed by atoms with E-state index in [4.69, 9.17) is 5.11 Å². The summed E-state index contributed by atoms with van der Waals surface area (Å²) < 4.78 is 1.42. The largest absolute Gasteiger partial charge is 0.475 e. The predicted molar refractivity (Wildman–Crippen MR) is 70.1 cm³/mol. The summed E-state index contributed by atoms with van der Waals surface area (Å²) >= 11 is 0. The summed E-state index contributed by atoms with van der Waals surface area (Å²) in [7, 11) is 0. The molecule has 0 spiro atoms. The third kappa shape index (κ3) is 1.93. The molecule has 2 aromatic heterocycles. The van der Waals surface area contributed by atoms with E-state index >= 15 is 0 Å². The van der Waals surface area contributed by atoms with Gasteiger partial charge in [-0.05, 0) is 12.8 Å². The average molecular weight is 278 g/mol. The molecule has 106 valence electrons. The van der Waals surface area contributed by atoms with Crippen molar-refractivity contribution in [3.63, 3.8) is 0 Å². The van der Waals surface area contributed by atoms with Gasteiger partial charge in [0.05, 0.1) is 0 Å². The number of nitrogens with zero attached hydrogens (tertiary/aromatic N) is 2. The van der Waals surface area contributed by atoms with Crippen LogP contribution >= 0.6 is 0 Å². The van der Waals surface area contributed by atoms with Crippen LogP contribution < -0.4 is 11.2 Å². The fraction of sp³-hybridized carbons (Fsp3) is 0.500. The van der Waals surface area contributed by atoms with Gasteiger partial charge in [0.15, 0.2) is 5.65 Å². The lowest BCUT2D eigenvalue weighted by Gasteiger charge is -2.23. The first-order valence-electron chi connectivity index (χ1n) is 6.56. The maximum absolute atomic E-state index is 12.0. The van der Waals surface area contributed by atoms with E-state index in [2.05, 4.69) is 15.0 Å². The lowest BCUT2D eigenvalue weighted by molar-refractivity contribution is 0.0685. The predicted octanol–water partition coefficient (Wildman–Crippen LogP) is 0.616. The Labute approximate surface area is 112 Å². The van der Waals surface area contributed by atoms with Crippen LogP contribution in [-0.4, -0.2) is 30.6 Å². The van der Waals surface area contributed by atoms with Gasteiger partial charge in [-0.1, -0.05) is 19.3 Å². The highest BCUT2D eigenvalue weighted by Crippen LogP contribution is 2.28. The van der Waals surface area contributed by atoms with Crippen LogP contribution in [-0.2, 0) is 0 Å². The molecule has 2 heterocycles. The third-order valence-corrected chi connectivity index (χ3v) is 3.72. The number of carboxylic acids is 1. The number of fused-ring (bicyclic) bond motifs is 1. The Morgan fingerprint density at radius 3 is 2.55 bits per heavy atom. The van der Waals surface area contributed by atoms with Crippen LogP contribution in [0.25, 0.3) is 11.2 Å². The SMILES string of the molecule is O=C(O)c1nc2c([nH]1)c(=O)[nH]c(=O)n2C1CCCCC1. The summed E-state index contributed by atoms with van der Waals surface area (Å²) in [5.41, 5.74) is -1.01. The molecule has 0 aliphatic heterocycles. The first-order chi connectivity index (χ1) is 9.58. The van der Waals surface area contributed by atoms with E-state index in [1.165, 1.54) is 4.57 Å². The fourth-order valence-electron chi connectivity index (χ4n) is 2.79. The summed E-state index contributed by atoms with van der Waals surface area (Å²) in [4.78, 5) is 43.3. The van der Waals surface area contributed by atoms with Crippen molar-refractivity contribution in [2.75, 3.05) is 0 Å². The lowest BCUT2D eigenvalue weighted by Crippen LogP contribution is -2.33. The molecule has 20 heavy (non-hydrogen) atoms. The number of nitrogens with one attached hydrogen (secondary N) is 2. The van der Waals surface area contributed by atoms with Crippen molar-refractivity contribution >= 4 is 17.1 Å². The Morgan fingerprint density at radius 2 is 1.90 bits per heavy atom. The van der Waals surface area contributed by atoms with E-state index in [9.17, 15) is 14.4 Å². The zero-order valence-corrected chi connectivity index (χ0v) is 10.7. The van der Waals surface area contributed by atoms with E-state index in [1.54, 1.807) is 0 Å². The maximum atomic E-state index is 12.0. The zero-order chi connectivity index (χ0) is 14.3. The number of aromatic amines is 2. The van der Waals surface area contributed by atoms with Crippen molar-refractivity contribution < 1.29 is 9.90 Å². The van der Waals surface area contributed by atoms with Crippen LogP contribution in [0.15, 0.2) is 9.59 Å². The van der Waals surface area contributed by atoms with E-state index in [-0.39, 0.29) is 23.0 Å². The summed E-state index contributed by atoms with van der Waals surface area (Å²) in [6.45, 7) is 0. The third-order valence-electron chi connectivity index (χ3n) is 3.72. The first kappa shape index (κ1) is 12.6. The number of hydrogen-bond acceptors (Lipinski definition) is 4. The molecule has 1 aliphatic carbocycles. The van der Waals surface area contributed by atoms with E-state index in [0.29, 0.717) is 0 Å². The topological polar surface area (TPSA) is 121 Å². The average Bonchev–Trinajstić information content (AvgIpc) is 2.85. The van der Waals surface area contributed by atoms with Crippen molar-refractivity contribution in [3.8, 4) is 0 Å². The normalized spacial score (nSPS) is 16.6. The van der Waals surface area contributed by atoms with Gasteiger partial charge in [-0.25, -0.2) is 14.6 Å². The number of carbonyl (C=O) groups is 1. The second-order valence-electron chi connectivity index (χ2n) is 5.01. The minimum Gasteiger partial charge on any atom is -0.475 e. The zero-order valence-electron chi connectivity index (χ0n) is 10.7. The van der Waals surface area contributed by atoms with Crippen LogP contribution in [0.2, 0.25) is 0 Å². The van der Waals surface area contributed by atoms with Gasteiger partial charge in [-0.15, -0.1) is 0 Å². The minimum atomic E-state index is -1.26. The Morgan fingerprint density at radius 1 is 1.20 bits per heavy atom. The van der Waals surface area contributed by atoms with E-state index < -0.39 is 17.2 Å². The molecule has 8 heteroatoms. The number of H-pyrrole nitrogens is 2. The number of carboxylic acid groups (broad SMARTS) is 1. The number of imidazole rings is 1. The minimum absolute atomic E-state index is 0.0348. The molecular formula is C12H14N4O4. The van der Waals surface area contributed by atoms with Gasteiger partial charge >= 0.3 is 11.7 Å². The molecule has 0 aromatic carbocycles. The second kappa shape index (κ2) is 4.62. The Bertz CT molecular complexity index is 779. The van der Waals surface area contributed by atoms with Crippen LogP contribution in [0.4, 0.5) is 0 Å². The van der Waals surface area contributed by atoms with Crippen LogP contribution in [0.1, 0.15) is 48.8 Å². The van der Waals surface area contributed by atoms with Gasteiger partial charge < -0.3 is 10.1 Å². The van der Waals surface area contributed by atoms with Crippen molar-refractivity contribution in [1.82, 2.24) is 19.5 Å². The molecule has 3 N–H and O–H groups in total. The highest BCUT2D eigenvalue weighted by atomic mass is 16.4. The van der Waals surface area contributed by atoms with Crippen LogP contribution in [0.5, 0.6) is 0 Å². The lowest BCUT2D eigenvalue weighted by atomic mass is 9.95. The molecule has 0 unspecified atom stereocenters. The molecular weight excluding hydrogens is 264 g/mol. The van der Waals surface area contributed by atoms with Crippen LogP contribution in [0.3, 0.4) is 0 Å². The van der Waals surface area contributed by atoms with E-state index in [0.717, 1.165) is 32.1 Å². The maximum Gasteiger partial charge on any atom is 0.371 e. The van der Waals surface area contributed by atoms with Gasteiger partial charge in [0, 0.05) is 6.04 Å². The van der Waals surface area contributed by atoms with Crippen LogP contribution in [0, 0.1) is 0 Å². The number of rotatable bonds is 2. The number of aromatic carboxylic acids is 1. The Kier molecular flexibility index (Phi) is 2.92. The van der Waals surface area contributed by atoms with Crippen molar-refractivity contribution in [1.29, 1.82) is 0 Å². The molecule has 0 amide bonds. The summed E-state index contributed by atoms with van der Waals surface area (Å²) in [5, 5.41) is 8.95. The van der Waals surface area contributed by atoms with E-state index in [1.807, 2.05) is 0 Å². The standard InChI is InChI=1S/C12H14N4O4/c17-10-7-9(14-8(13-7)11(18)19)16(12(20)15-10)6-4-2-1-3-5-6/h6H,1-5H2,(H,13,14)(H,18,19)(H,15,17,20). The molecule has 3 rings (SSSR count). The molecule has 1 saturated carbocycles. The Balaban J connectivity index is 2.26. The second-order valence-corrected chi connectivity index (χ2v) is 5.01. The first-order valence-corrected chi connectivity index (χ1v) is 6.56. The fourth-order valence-corrected chi connectivity index (χ4v) is 2.79. The molecule has 0 atom stereocenters.